The highest BCUT2D eigenvalue weighted by molar-refractivity contribution is 7.15. The lowest BCUT2D eigenvalue weighted by Crippen LogP contribution is -2.25. The van der Waals surface area contributed by atoms with Crippen molar-refractivity contribution in [1.82, 2.24) is 14.8 Å². The number of likely N-dealkylation sites (N-methyl/N-ethyl adjacent to an activating group) is 1. The zero-order chi connectivity index (χ0) is 27.1. The van der Waals surface area contributed by atoms with Gasteiger partial charge in [-0.05, 0) is 73.7 Å². The molecule has 198 valence electrons. The van der Waals surface area contributed by atoms with Gasteiger partial charge in [-0.1, -0.05) is 37.3 Å². The van der Waals surface area contributed by atoms with Crippen LogP contribution < -0.4 is 5.32 Å². The number of thiazole rings is 1. The van der Waals surface area contributed by atoms with Crippen molar-refractivity contribution in [3.8, 4) is 5.75 Å². The topological polar surface area (TPSA) is 85.8 Å². The number of rotatable bonds is 7. The predicted molar refractivity (Wildman–Crippen MR) is 154 cm³/mol. The molecule has 0 atom stereocenters. The summed E-state index contributed by atoms with van der Waals surface area (Å²) in [5.74, 6) is 0.158. The molecule has 8 heteroatoms. The van der Waals surface area contributed by atoms with Crippen LogP contribution >= 0.6 is 11.3 Å². The van der Waals surface area contributed by atoms with E-state index < -0.39 is 0 Å². The van der Waals surface area contributed by atoms with E-state index in [1.54, 1.807) is 41.7 Å². The van der Waals surface area contributed by atoms with Crippen LogP contribution in [0.1, 0.15) is 50.2 Å². The Morgan fingerprint density at radius 1 is 1.16 bits per heavy atom. The molecule has 0 radical (unpaired) electrons. The maximum Gasteiger partial charge on any atom is 0.257 e. The third kappa shape index (κ3) is 7.25. The molecule has 5 rings (SSSR count). The number of nitrogens with zero attached hydrogens (tertiary/aromatic N) is 3. The van der Waals surface area contributed by atoms with E-state index in [1.165, 1.54) is 4.88 Å². The number of nitrogens with one attached hydrogen (secondary N) is 1. The highest BCUT2D eigenvalue weighted by Gasteiger charge is 2.19. The van der Waals surface area contributed by atoms with E-state index in [0.717, 1.165) is 67.3 Å². The van der Waals surface area contributed by atoms with E-state index in [1.807, 2.05) is 24.3 Å². The number of aldehydes is 1. The van der Waals surface area contributed by atoms with E-state index in [9.17, 15) is 14.7 Å². The molecule has 4 aromatic rings. The Labute approximate surface area is 227 Å². The van der Waals surface area contributed by atoms with Gasteiger partial charge in [0.15, 0.2) is 5.13 Å². The fourth-order valence-corrected chi connectivity index (χ4v) is 5.54. The zero-order valence-electron chi connectivity index (χ0n) is 22.1. The van der Waals surface area contributed by atoms with Crippen LogP contribution in [-0.2, 0) is 19.5 Å². The summed E-state index contributed by atoms with van der Waals surface area (Å²) in [4.78, 5) is 33.5. The second-order valence-corrected chi connectivity index (χ2v) is 10.8. The largest absolute Gasteiger partial charge is 0.508 e. The molecular weight excluding hydrogens is 496 g/mol. The van der Waals surface area contributed by atoms with Crippen LogP contribution in [0.25, 0.3) is 10.8 Å². The quantitative estimate of drug-likeness (QED) is 0.303. The Morgan fingerprint density at radius 3 is 2.74 bits per heavy atom. The summed E-state index contributed by atoms with van der Waals surface area (Å²) in [6.45, 7) is 6.02. The first-order valence-corrected chi connectivity index (χ1v) is 13.6. The van der Waals surface area contributed by atoms with Gasteiger partial charge in [0.25, 0.3) is 5.91 Å². The van der Waals surface area contributed by atoms with Gasteiger partial charge in [-0.25, -0.2) is 4.98 Å². The lowest BCUT2D eigenvalue weighted by atomic mass is 10.1. The SMILES string of the molecule is CCCN(C)Cc1cccc(C(=O)Nc2nc3c(s2)CN(C)CC3)c1.O=Cc1ccc2cc(O)ccc2c1. The van der Waals surface area contributed by atoms with Crippen LogP contribution in [0, 0.1) is 0 Å². The Bertz CT molecular complexity index is 1420. The summed E-state index contributed by atoms with van der Waals surface area (Å²) < 4.78 is 0. The Kier molecular flexibility index (Phi) is 9.23. The van der Waals surface area contributed by atoms with Gasteiger partial charge in [-0.2, -0.15) is 0 Å². The third-order valence-corrected chi connectivity index (χ3v) is 7.37. The molecule has 1 amide bonds. The molecule has 1 aliphatic heterocycles. The highest BCUT2D eigenvalue weighted by atomic mass is 32.1. The minimum Gasteiger partial charge on any atom is -0.508 e. The smallest absolute Gasteiger partial charge is 0.257 e. The van der Waals surface area contributed by atoms with E-state index in [-0.39, 0.29) is 11.7 Å². The number of hydrogen-bond donors (Lipinski definition) is 2. The number of aromatic hydroxyl groups is 1. The number of benzene rings is 3. The highest BCUT2D eigenvalue weighted by Crippen LogP contribution is 2.28. The van der Waals surface area contributed by atoms with Gasteiger partial charge in [0.05, 0.1) is 5.69 Å². The molecule has 1 aromatic heterocycles. The van der Waals surface area contributed by atoms with E-state index >= 15 is 0 Å². The molecule has 0 fully saturated rings. The summed E-state index contributed by atoms with van der Waals surface area (Å²) in [6.07, 6.45) is 2.89. The standard InChI is InChI=1S/C19H26N4OS.C11H8O2/c1-4-9-22(2)12-14-6-5-7-15(11-14)18(24)21-19-20-16-8-10-23(3)13-17(16)25-19;12-7-8-1-2-10-6-11(13)4-3-9(10)5-8/h5-7,11H,4,8-10,12-13H2,1-3H3,(H,20,21,24);1-7,13H. The fourth-order valence-electron chi connectivity index (χ4n) is 4.45. The van der Waals surface area contributed by atoms with E-state index in [0.29, 0.717) is 16.3 Å². The van der Waals surface area contributed by atoms with E-state index in [4.69, 9.17) is 0 Å². The molecule has 38 heavy (non-hydrogen) atoms. The van der Waals surface area contributed by atoms with Crippen LogP contribution in [0.3, 0.4) is 0 Å². The second-order valence-electron chi connectivity index (χ2n) is 9.68. The van der Waals surface area contributed by atoms with Crippen molar-refractivity contribution >= 4 is 39.4 Å². The first-order valence-electron chi connectivity index (χ1n) is 12.8. The summed E-state index contributed by atoms with van der Waals surface area (Å²) in [5, 5.41) is 14.8. The molecule has 7 nitrogen and oxygen atoms in total. The number of carbonyl (C=O) groups is 2. The van der Waals surface area contributed by atoms with Gasteiger partial charge >= 0.3 is 0 Å². The molecule has 0 spiro atoms. The van der Waals surface area contributed by atoms with Crippen molar-refractivity contribution in [3.63, 3.8) is 0 Å². The van der Waals surface area contributed by atoms with Crippen LogP contribution in [0.2, 0.25) is 0 Å². The monoisotopic (exact) mass is 530 g/mol. The maximum absolute atomic E-state index is 12.6. The van der Waals surface area contributed by atoms with Crippen molar-refractivity contribution < 1.29 is 14.7 Å². The molecule has 0 saturated carbocycles. The van der Waals surface area contributed by atoms with E-state index in [2.05, 4.69) is 47.2 Å². The van der Waals surface area contributed by atoms with Gasteiger partial charge in [0, 0.05) is 42.1 Å². The summed E-state index contributed by atoms with van der Waals surface area (Å²) in [5.41, 5.74) is 3.63. The van der Waals surface area contributed by atoms with Crippen LogP contribution in [-0.4, -0.2) is 59.3 Å². The number of fused-ring (bicyclic) bond motifs is 2. The normalized spacial score (nSPS) is 13.1. The first kappa shape index (κ1) is 27.4. The maximum atomic E-state index is 12.6. The van der Waals surface area contributed by atoms with Crippen molar-refractivity contribution in [2.75, 3.05) is 32.5 Å². The molecule has 0 saturated heterocycles. The van der Waals surface area contributed by atoms with Crippen LogP contribution in [0.15, 0.2) is 60.7 Å². The zero-order valence-corrected chi connectivity index (χ0v) is 22.9. The molecule has 1 aliphatic rings. The summed E-state index contributed by atoms with van der Waals surface area (Å²) >= 11 is 1.59. The molecule has 0 unspecified atom stereocenters. The van der Waals surface area contributed by atoms with Crippen LogP contribution in [0.4, 0.5) is 5.13 Å². The third-order valence-electron chi connectivity index (χ3n) is 6.37. The minimum atomic E-state index is -0.0838. The summed E-state index contributed by atoms with van der Waals surface area (Å²) in [7, 11) is 4.22. The van der Waals surface area contributed by atoms with Crippen molar-refractivity contribution in [2.24, 2.45) is 0 Å². The number of phenols is 1. The van der Waals surface area contributed by atoms with Crippen molar-refractivity contribution in [2.45, 2.75) is 32.9 Å². The molecule has 2 N–H and O–H groups in total. The minimum absolute atomic E-state index is 0.0838. The second kappa shape index (κ2) is 12.8. The number of aromatic nitrogens is 1. The lowest BCUT2D eigenvalue weighted by Gasteiger charge is -2.20. The number of hydrogen-bond acceptors (Lipinski definition) is 7. The van der Waals surface area contributed by atoms with Gasteiger partial charge < -0.3 is 14.9 Å². The molecular formula is C30H34N4O3S. The summed E-state index contributed by atoms with van der Waals surface area (Å²) in [6, 6.07) is 18.3. The molecule has 0 aliphatic carbocycles. The predicted octanol–water partition coefficient (Wildman–Crippen LogP) is 5.58. The van der Waals surface area contributed by atoms with Gasteiger partial charge in [-0.3, -0.25) is 14.9 Å². The van der Waals surface area contributed by atoms with Gasteiger partial charge in [0.2, 0.25) is 0 Å². The Morgan fingerprint density at radius 2 is 1.95 bits per heavy atom. The lowest BCUT2D eigenvalue weighted by molar-refractivity contribution is 0.102. The fraction of sp³-hybridized carbons (Fsp3) is 0.300. The van der Waals surface area contributed by atoms with Crippen LogP contribution in [0.5, 0.6) is 5.75 Å². The van der Waals surface area contributed by atoms with Crippen molar-refractivity contribution in [1.29, 1.82) is 0 Å². The van der Waals surface area contributed by atoms with Gasteiger partial charge in [0.1, 0.15) is 12.0 Å². The number of phenolic OH excluding ortho intramolecular Hbond substituents is 1. The molecule has 0 bridgehead atoms. The number of anilines is 1. The first-order chi connectivity index (χ1) is 18.3. The Balaban J connectivity index is 0.000000216. The number of amides is 1. The average molecular weight is 531 g/mol. The van der Waals surface area contributed by atoms with Gasteiger partial charge in [-0.15, -0.1) is 11.3 Å². The average Bonchev–Trinajstić information content (AvgIpc) is 3.30. The molecule has 3 aromatic carbocycles. The van der Waals surface area contributed by atoms with Crippen molar-refractivity contribution in [3.05, 3.63) is 87.9 Å². The Hall–Kier alpha value is -3.59. The molecule has 2 heterocycles. The number of carbonyl (C=O) groups excluding carboxylic acids is 2.